The number of fused-ring (bicyclic) bond motifs is 4. The highest BCUT2D eigenvalue weighted by molar-refractivity contribution is 5.96. The van der Waals surface area contributed by atoms with Crippen molar-refractivity contribution in [2.75, 3.05) is 65.5 Å². The number of nitrogens with one attached hydrogen (secondary N) is 3. The summed E-state index contributed by atoms with van der Waals surface area (Å²) in [6, 6.07) is 11.8. The minimum Gasteiger partial charge on any atom is -0.373 e. The summed E-state index contributed by atoms with van der Waals surface area (Å²) >= 11 is 0. The average molecular weight is 605 g/mol. The van der Waals surface area contributed by atoms with Gasteiger partial charge in [-0.2, -0.15) is 0 Å². The Hall–Kier alpha value is -3.38. The summed E-state index contributed by atoms with van der Waals surface area (Å²) in [7, 11) is 0. The van der Waals surface area contributed by atoms with Crippen LogP contribution in [-0.2, 0) is 16.0 Å². The topological polar surface area (TPSA) is 106 Å². The summed E-state index contributed by atoms with van der Waals surface area (Å²) in [5, 5.41) is 3.40. The molecule has 5 fully saturated rings. The highest BCUT2D eigenvalue weighted by Gasteiger charge is 2.55. The van der Waals surface area contributed by atoms with Crippen molar-refractivity contribution in [2.24, 2.45) is 5.41 Å². The Morgan fingerprint density at radius 2 is 1.66 bits per heavy atom. The Balaban J connectivity index is 0.957. The van der Waals surface area contributed by atoms with Gasteiger partial charge in [-0.1, -0.05) is 24.3 Å². The van der Waals surface area contributed by atoms with Crippen LogP contribution in [0.25, 0.3) is 0 Å². The largest absolute Gasteiger partial charge is 0.373 e. The van der Waals surface area contributed by atoms with Crippen LogP contribution in [0.4, 0.5) is 4.39 Å². The van der Waals surface area contributed by atoms with Crippen molar-refractivity contribution in [1.82, 2.24) is 30.9 Å². The molecule has 5 aliphatic heterocycles. The van der Waals surface area contributed by atoms with Gasteiger partial charge in [0.15, 0.2) is 0 Å². The first-order chi connectivity index (χ1) is 21.3. The van der Waals surface area contributed by atoms with Crippen molar-refractivity contribution in [2.45, 2.75) is 43.7 Å². The number of piperazine rings is 2. The van der Waals surface area contributed by atoms with Crippen LogP contribution >= 0.6 is 0 Å². The van der Waals surface area contributed by atoms with Crippen molar-refractivity contribution in [3.63, 3.8) is 0 Å². The van der Waals surface area contributed by atoms with Crippen molar-refractivity contribution >= 4 is 17.7 Å². The fraction of sp³-hybridized carbons (Fsp3) is 0.545. The molecule has 0 radical (unpaired) electrons. The molecule has 1 aliphatic carbocycles. The molecule has 1 atom stereocenters. The van der Waals surface area contributed by atoms with Crippen LogP contribution in [0, 0.1) is 11.2 Å². The lowest BCUT2D eigenvalue weighted by molar-refractivity contribution is -0.202. The highest BCUT2D eigenvalue weighted by Crippen LogP contribution is 2.50. The Kier molecular flexibility index (Phi) is 7.90. The van der Waals surface area contributed by atoms with Gasteiger partial charge in [0.25, 0.3) is 11.8 Å². The van der Waals surface area contributed by atoms with Gasteiger partial charge in [-0.05, 0) is 61.4 Å². The number of carbonyl (C=O) groups is 3. The maximum atomic E-state index is 15.0. The molecule has 1 unspecified atom stereocenters. The number of ether oxygens (including phenoxy) is 1. The third-order valence-corrected chi connectivity index (χ3v) is 10.4. The predicted octanol–water partition coefficient (Wildman–Crippen LogP) is 1.88. The molecule has 0 spiro atoms. The zero-order valence-corrected chi connectivity index (χ0v) is 25.1. The van der Waals surface area contributed by atoms with E-state index in [2.05, 4.69) is 21.1 Å². The van der Waals surface area contributed by atoms with Gasteiger partial charge in [-0.25, -0.2) is 9.82 Å². The summed E-state index contributed by atoms with van der Waals surface area (Å²) in [4.78, 5) is 45.5. The molecule has 44 heavy (non-hydrogen) atoms. The number of hydrazine groups is 1. The molecule has 0 aromatic heterocycles. The lowest BCUT2D eigenvalue weighted by Crippen LogP contribution is -2.63. The molecule has 11 heteroatoms. The van der Waals surface area contributed by atoms with Crippen molar-refractivity contribution < 1.29 is 23.5 Å². The fourth-order valence-corrected chi connectivity index (χ4v) is 7.70. The van der Waals surface area contributed by atoms with Crippen LogP contribution < -0.4 is 16.2 Å². The van der Waals surface area contributed by atoms with Crippen molar-refractivity contribution in [3.05, 3.63) is 70.5 Å². The average Bonchev–Trinajstić information content (AvgIpc) is 3.07. The second-order valence-corrected chi connectivity index (χ2v) is 13.1. The number of carbonyl (C=O) groups excluding carboxylic acids is 3. The van der Waals surface area contributed by atoms with E-state index in [0.717, 1.165) is 69.5 Å². The van der Waals surface area contributed by atoms with E-state index in [1.54, 1.807) is 23.1 Å². The van der Waals surface area contributed by atoms with Gasteiger partial charge in [0, 0.05) is 64.5 Å². The SMILES string of the molecule is O=C1NNC(Cc2ccc(F)c(C(=O)N3CCN(C(=O)C45CCC(CN6CCNCC6)(CC4)OC5)CC3)c2)c2ccccc21. The molecule has 2 aromatic rings. The smallest absolute Gasteiger partial charge is 0.265 e. The molecule has 1 saturated carbocycles. The Morgan fingerprint density at radius 1 is 0.932 bits per heavy atom. The van der Waals surface area contributed by atoms with Crippen molar-refractivity contribution in [1.29, 1.82) is 0 Å². The van der Waals surface area contributed by atoms with Gasteiger partial charge < -0.3 is 19.9 Å². The molecule has 234 valence electrons. The number of rotatable bonds is 6. The number of nitrogens with zero attached hydrogens (tertiary/aromatic N) is 3. The monoisotopic (exact) mass is 604 g/mol. The third-order valence-electron chi connectivity index (χ3n) is 10.4. The number of hydrogen-bond acceptors (Lipinski definition) is 7. The van der Waals surface area contributed by atoms with E-state index < -0.39 is 11.2 Å². The fourth-order valence-electron chi connectivity index (χ4n) is 7.70. The molecular weight excluding hydrogens is 563 g/mol. The van der Waals surface area contributed by atoms with Gasteiger partial charge in [-0.3, -0.25) is 24.7 Å². The summed E-state index contributed by atoms with van der Waals surface area (Å²) in [6.45, 7) is 7.11. The third kappa shape index (κ3) is 5.51. The zero-order chi connectivity index (χ0) is 30.3. The normalized spacial score (nSPS) is 28.8. The molecule has 2 bridgehead atoms. The van der Waals surface area contributed by atoms with Crippen molar-refractivity contribution in [3.8, 4) is 0 Å². The molecule has 10 nitrogen and oxygen atoms in total. The quantitative estimate of drug-likeness (QED) is 0.463. The highest BCUT2D eigenvalue weighted by atomic mass is 19.1. The van der Waals surface area contributed by atoms with Crippen LogP contribution in [0.1, 0.15) is 63.6 Å². The maximum Gasteiger partial charge on any atom is 0.265 e. The lowest BCUT2D eigenvalue weighted by Gasteiger charge is -2.55. The first-order valence-electron chi connectivity index (χ1n) is 15.9. The number of halogens is 1. The van der Waals surface area contributed by atoms with Crippen LogP contribution in [0.3, 0.4) is 0 Å². The van der Waals surface area contributed by atoms with E-state index in [-0.39, 0.29) is 34.9 Å². The van der Waals surface area contributed by atoms with Gasteiger partial charge in [0.1, 0.15) is 5.82 Å². The van der Waals surface area contributed by atoms with Gasteiger partial charge in [0.2, 0.25) is 5.91 Å². The maximum absolute atomic E-state index is 15.0. The molecule has 8 rings (SSSR count). The summed E-state index contributed by atoms with van der Waals surface area (Å²) in [5.74, 6) is -0.980. The van der Waals surface area contributed by atoms with Crippen LogP contribution in [0.15, 0.2) is 42.5 Å². The van der Waals surface area contributed by atoms with E-state index in [1.807, 2.05) is 23.1 Å². The van der Waals surface area contributed by atoms with E-state index in [1.165, 1.54) is 6.07 Å². The predicted molar refractivity (Wildman–Crippen MR) is 161 cm³/mol. The second kappa shape index (κ2) is 11.8. The molecular formula is C33H41FN6O4. The zero-order valence-electron chi connectivity index (χ0n) is 25.1. The number of amides is 3. The van der Waals surface area contributed by atoms with Gasteiger partial charge in [-0.15, -0.1) is 0 Å². The van der Waals surface area contributed by atoms with E-state index in [4.69, 9.17) is 4.74 Å². The Bertz CT molecular complexity index is 1410. The van der Waals surface area contributed by atoms with E-state index in [9.17, 15) is 18.8 Å². The summed E-state index contributed by atoms with van der Waals surface area (Å²) in [6.07, 6.45) is 3.98. The first-order valence-corrected chi connectivity index (χ1v) is 15.9. The van der Waals surface area contributed by atoms with Gasteiger partial charge in [0.05, 0.1) is 29.2 Å². The summed E-state index contributed by atoms with van der Waals surface area (Å²) < 4.78 is 21.4. The Morgan fingerprint density at radius 3 is 2.39 bits per heavy atom. The number of benzene rings is 2. The van der Waals surface area contributed by atoms with Gasteiger partial charge >= 0.3 is 0 Å². The van der Waals surface area contributed by atoms with Crippen LogP contribution in [0.5, 0.6) is 0 Å². The first kappa shape index (κ1) is 29.3. The molecule has 3 amide bonds. The lowest BCUT2D eigenvalue weighted by atomic mass is 9.65. The molecule has 3 N–H and O–H groups in total. The standard InChI is InChI=1S/C33H41FN6O4/c34-27-6-5-23(20-28-24-3-1-2-4-25(24)29(41)37-36-28)19-26(27)30(42)39-15-17-40(18-16-39)31(43)32-7-9-33(10-8-32,44-22-32)21-38-13-11-35-12-14-38/h1-6,19,28,35-36H,7-18,20-22H2,(H,37,41). The second-order valence-electron chi connectivity index (χ2n) is 13.1. The minimum atomic E-state index is -0.563. The molecule has 6 aliphatic rings. The van der Waals surface area contributed by atoms with E-state index >= 15 is 0 Å². The van der Waals surface area contributed by atoms with Crippen LogP contribution in [0.2, 0.25) is 0 Å². The summed E-state index contributed by atoms with van der Waals surface area (Å²) in [5.41, 5.74) is 7.40. The van der Waals surface area contributed by atoms with Crippen LogP contribution in [-0.4, -0.2) is 104 Å². The minimum absolute atomic E-state index is 0.0304. The number of hydrogen-bond donors (Lipinski definition) is 3. The molecule has 2 aromatic carbocycles. The Labute approximate surface area is 257 Å². The molecule has 4 saturated heterocycles. The molecule has 5 heterocycles. The van der Waals surface area contributed by atoms with E-state index in [0.29, 0.717) is 44.8 Å².